The van der Waals surface area contributed by atoms with Crippen LogP contribution in [0.2, 0.25) is 0 Å². The van der Waals surface area contributed by atoms with E-state index in [4.69, 9.17) is 15.2 Å². The highest BCUT2D eigenvalue weighted by Crippen LogP contribution is 2.49. The van der Waals surface area contributed by atoms with Gasteiger partial charge in [-0.05, 0) is 49.3 Å². The Morgan fingerprint density at radius 1 is 1.35 bits per heavy atom. The quantitative estimate of drug-likeness (QED) is 0.850. The second kappa shape index (κ2) is 4.96. The van der Waals surface area contributed by atoms with Gasteiger partial charge in [0.05, 0.1) is 7.11 Å². The van der Waals surface area contributed by atoms with Gasteiger partial charge in [-0.2, -0.15) is 0 Å². The van der Waals surface area contributed by atoms with E-state index in [1.165, 1.54) is 12.8 Å². The fraction of sp³-hybridized carbons (Fsp3) is 0.647. The molecule has 1 aliphatic heterocycles. The van der Waals surface area contributed by atoms with Crippen molar-refractivity contribution in [2.45, 2.75) is 51.2 Å². The minimum atomic E-state index is -0.0620. The Bertz CT molecular complexity index is 502. The molecule has 3 heteroatoms. The molecule has 4 atom stereocenters. The standard InChI is InChI=1S/C17H25NO2/c1-11-6-7-17(12(2)8-11)10-15(18)14-9-13(19-3)4-5-16(14)20-17/h4-5,9,11-12,15H,6-8,10,18H2,1-3H3. The molecule has 0 saturated heterocycles. The second-order valence-corrected chi connectivity index (χ2v) is 6.66. The Hall–Kier alpha value is -1.22. The van der Waals surface area contributed by atoms with E-state index >= 15 is 0 Å². The van der Waals surface area contributed by atoms with Crippen LogP contribution < -0.4 is 15.2 Å². The summed E-state index contributed by atoms with van der Waals surface area (Å²) in [5.41, 5.74) is 7.46. The number of hydrogen-bond acceptors (Lipinski definition) is 3. The highest BCUT2D eigenvalue weighted by atomic mass is 16.5. The van der Waals surface area contributed by atoms with E-state index in [0.717, 1.165) is 35.8 Å². The summed E-state index contributed by atoms with van der Waals surface area (Å²) in [6, 6.07) is 6.04. The van der Waals surface area contributed by atoms with Gasteiger partial charge in [0.1, 0.15) is 17.1 Å². The molecule has 3 nitrogen and oxygen atoms in total. The molecule has 1 spiro atoms. The normalized spacial score (nSPS) is 36.3. The van der Waals surface area contributed by atoms with Crippen molar-refractivity contribution in [3.8, 4) is 11.5 Å². The van der Waals surface area contributed by atoms with E-state index in [-0.39, 0.29) is 11.6 Å². The molecule has 4 unspecified atom stereocenters. The molecule has 110 valence electrons. The van der Waals surface area contributed by atoms with Crippen LogP contribution >= 0.6 is 0 Å². The predicted octanol–water partition coefficient (Wildman–Crippen LogP) is 3.67. The topological polar surface area (TPSA) is 44.5 Å². The molecule has 1 aromatic carbocycles. The molecule has 0 radical (unpaired) electrons. The van der Waals surface area contributed by atoms with Crippen molar-refractivity contribution in [2.24, 2.45) is 17.6 Å². The first-order valence-electron chi connectivity index (χ1n) is 7.66. The lowest BCUT2D eigenvalue weighted by molar-refractivity contribution is -0.0519. The average molecular weight is 275 g/mol. The van der Waals surface area contributed by atoms with Crippen molar-refractivity contribution in [3.05, 3.63) is 23.8 Å². The average Bonchev–Trinajstić information content (AvgIpc) is 2.43. The van der Waals surface area contributed by atoms with Gasteiger partial charge in [0.25, 0.3) is 0 Å². The number of rotatable bonds is 1. The monoisotopic (exact) mass is 275 g/mol. The van der Waals surface area contributed by atoms with Gasteiger partial charge in [0, 0.05) is 18.0 Å². The SMILES string of the molecule is COc1ccc2c(c1)C(N)CC1(CCC(C)CC1C)O2. The number of benzene rings is 1. The maximum atomic E-state index is 6.46. The summed E-state index contributed by atoms with van der Waals surface area (Å²) in [4.78, 5) is 0. The molecule has 0 aromatic heterocycles. The number of fused-ring (bicyclic) bond motifs is 1. The van der Waals surface area contributed by atoms with Gasteiger partial charge >= 0.3 is 0 Å². The lowest BCUT2D eigenvalue weighted by Gasteiger charge is -2.49. The van der Waals surface area contributed by atoms with E-state index in [1.54, 1.807) is 7.11 Å². The molecule has 1 heterocycles. The molecule has 0 bridgehead atoms. The minimum Gasteiger partial charge on any atom is -0.497 e. The summed E-state index contributed by atoms with van der Waals surface area (Å²) in [7, 11) is 1.68. The number of ether oxygens (including phenoxy) is 2. The van der Waals surface area contributed by atoms with Gasteiger partial charge in [-0.15, -0.1) is 0 Å². The maximum absolute atomic E-state index is 6.46. The van der Waals surface area contributed by atoms with Gasteiger partial charge in [-0.25, -0.2) is 0 Å². The second-order valence-electron chi connectivity index (χ2n) is 6.66. The van der Waals surface area contributed by atoms with Crippen molar-refractivity contribution in [1.82, 2.24) is 0 Å². The Morgan fingerprint density at radius 3 is 2.85 bits per heavy atom. The molecular formula is C17H25NO2. The Morgan fingerprint density at radius 2 is 2.15 bits per heavy atom. The molecule has 1 saturated carbocycles. The summed E-state index contributed by atoms with van der Waals surface area (Å²) in [6.07, 6.45) is 4.51. The third-order valence-electron chi connectivity index (χ3n) is 5.21. The zero-order chi connectivity index (χ0) is 14.3. The zero-order valence-corrected chi connectivity index (χ0v) is 12.7. The highest BCUT2D eigenvalue weighted by Gasteiger charge is 2.46. The van der Waals surface area contributed by atoms with Gasteiger partial charge in [-0.1, -0.05) is 13.8 Å². The smallest absolute Gasteiger partial charge is 0.125 e. The molecule has 0 amide bonds. The summed E-state index contributed by atoms with van der Waals surface area (Å²) >= 11 is 0. The van der Waals surface area contributed by atoms with E-state index in [0.29, 0.717) is 5.92 Å². The minimum absolute atomic E-state index is 0.0460. The maximum Gasteiger partial charge on any atom is 0.125 e. The number of nitrogens with two attached hydrogens (primary N) is 1. The van der Waals surface area contributed by atoms with Crippen molar-refractivity contribution in [3.63, 3.8) is 0 Å². The molecule has 20 heavy (non-hydrogen) atoms. The van der Waals surface area contributed by atoms with E-state index in [2.05, 4.69) is 13.8 Å². The summed E-state index contributed by atoms with van der Waals surface area (Å²) < 4.78 is 11.7. The molecule has 2 aliphatic rings. The van der Waals surface area contributed by atoms with Crippen LogP contribution in [-0.2, 0) is 0 Å². The Labute approximate surface area is 121 Å². The van der Waals surface area contributed by atoms with Crippen LogP contribution in [0.5, 0.6) is 11.5 Å². The molecule has 1 aliphatic carbocycles. The van der Waals surface area contributed by atoms with E-state index in [1.807, 2.05) is 18.2 Å². The van der Waals surface area contributed by atoms with Crippen LogP contribution in [0, 0.1) is 11.8 Å². The van der Waals surface area contributed by atoms with E-state index < -0.39 is 0 Å². The lowest BCUT2D eigenvalue weighted by Crippen LogP contribution is -2.50. The van der Waals surface area contributed by atoms with Crippen molar-refractivity contribution in [1.29, 1.82) is 0 Å². The van der Waals surface area contributed by atoms with Crippen molar-refractivity contribution < 1.29 is 9.47 Å². The van der Waals surface area contributed by atoms with Gasteiger partial charge in [-0.3, -0.25) is 0 Å². The molecule has 2 N–H and O–H groups in total. The fourth-order valence-corrected chi connectivity index (χ4v) is 3.91. The first-order chi connectivity index (χ1) is 9.54. The third kappa shape index (κ3) is 2.18. The first-order valence-corrected chi connectivity index (χ1v) is 7.66. The molecular weight excluding hydrogens is 250 g/mol. The number of hydrogen-bond donors (Lipinski definition) is 1. The van der Waals surface area contributed by atoms with Gasteiger partial charge in [0.15, 0.2) is 0 Å². The van der Waals surface area contributed by atoms with Crippen molar-refractivity contribution in [2.75, 3.05) is 7.11 Å². The zero-order valence-electron chi connectivity index (χ0n) is 12.7. The summed E-state index contributed by atoms with van der Waals surface area (Å²) in [5.74, 6) is 3.16. The fourth-order valence-electron chi connectivity index (χ4n) is 3.91. The summed E-state index contributed by atoms with van der Waals surface area (Å²) in [6.45, 7) is 4.65. The van der Waals surface area contributed by atoms with Gasteiger partial charge < -0.3 is 15.2 Å². The molecule has 1 fully saturated rings. The van der Waals surface area contributed by atoms with Crippen LogP contribution in [0.3, 0.4) is 0 Å². The Kier molecular flexibility index (Phi) is 3.41. The van der Waals surface area contributed by atoms with Crippen molar-refractivity contribution >= 4 is 0 Å². The van der Waals surface area contributed by atoms with Crippen LogP contribution in [0.1, 0.15) is 51.1 Å². The molecule has 3 rings (SSSR count). The summed E-state index contributed by atoms with van der Waals surface area (Å²) in [5, 5.41) is 0. The highest BCUT2D eigenvalue weighted by molar-refractivity contribution is 5.44. The van der Waals surface area contributed by atoms with Crippen LogP contribution in [0.25, 0.3) is 0 Å². The largest absolute Gasteiger partial charge is 0.497 e. The predicted molar refractivity (Wildman–Crippen MR) is 80.1 cm³/mol. The molecule has 1 aromatic rings. The number of methoxy groups -OCH3 is 1. The van der Waals surface area contributed by atoms with Gasteiger partial charge in [0.2, 0.25) is 0 Å². The van der Waals surface area contributed by atoms with Crippen LogP contribution in [-0.4, -0.2) is 12.7 Å². The van der Waals surface area contributed by atoms with Crippen LogP contribution in [0.4, 0.5) is 0 Å². The lowest BCUT2D eigenvalue weighted by atomic mass is 9.68. The first kappa shape index (κ1) is 13.7. The van der Waals surface area contributed by atoms with Crippen LogP contribution in [0.15, 0.2) is 18.2 Å². The van der Waals surface area contributed by atoms with E-state index in [9.17, 15) is 0 Å². The Balaban J connectivity index is 1.92. The third-order valence-corrected chi connectivity index (χ3v) is 5.21.